The summed E-state index contributed by atoms with van der Waals surface area (Å²) in [6, 6.07) is 10.0. The van der Waals surface area contributed by atoms with E-state index in [9.17, 15) is 18.8 Å². The number of amides is 2. The van der Waals surface area contributed by atoms with Gasteiger partial charge in [0.2, 0.25) is 17.7 Å². The second-order valence-corrected chi connectivity index (χ2v) is 8.68. The maximum atomic E-state index is 14.0. The van der Waals surface area contributed by atoms with Crippen LogP contribution in [0.25, 0.3) is 22.5 Å². The molecule has 0 saturated carbocycles. The van der Waals surface area contributed by atoms with E-state index in [1.807, 2.05) is 6.07 Å². The molecule has 5 rings (SSSR count). The third kappa shape index (κ3) is 4.91. The smallest absolute Gasteiger partial charge is 0.263 e. The summed E-state index contributed by atoms with van der Waals surface area (Å²) >= 11 is 0. The van der Waals surface area contributed by atoms with Crippen molar-refractivity contribution in [2.45, 2.75) is 25.9 Å². The second kappa shape index (κ2) is 10.1. The number of aromatic nitrogens is 5. The number of hydrogen-bond acceptors (Lipinski definition) is 7. The van der Waals surface area contributed by atoms with Crippen LogP contribution >= 0.6 is 0 Å². The van der Waals surface area contributed by atoms with E-state index >= 15 is 0 Å². The van der Waals surface area contributed by atoms with Gasteiger partial charge in [-0.3, -0.25) is 14.4 Å². The molecule has 2 amide bonds. The molecule has 11 nitrogen and oxygen atoms in total. The Hall–Kier alpha value is -5.13. The highest BCUT2D eigenvalue weighted by Gasteiger charge is 2.26. The Labute approximate surface area is 214 Å². The number of aromatic amines is 1. The number of carbonyl (C=O) groups excluding carboxylic acids is 2. The summed E-state index contributed by atoms with van der Waals surface area (Å²) in [5.74, 6) is -1.78. The first-order valence-electron chi connectivity index (χ1n) is 11.6. The van der Waals surface area contributed by atoms with Crippen LogP contribution in [0.4, 0.5) is 4.39 Å². The van der Waals surface area contributed by atoms with Crippen molar-refractivity contribution in [1.29, 1.82) is 0 Å². The highest BCUT2D eigenvalue weighted by atomic mass is 19.1. The molecule has 12 heteroatoms. The molecule has 192 valence electrons. The van der Waals surface area contributed by atoms with Gasteiger partial charge in [-0.05, 0) is 48.4 Å². The minimum Gasteiger partial charge on any atom is -0.418 e. The molecule has 4 aromatic heterocycles. The molecule has 0 bridgehead atoms. The van der Waals surface area contributed by atoms with Crippen molar-refractivity contribution in [3.05, 3.63) is 99.8 Å². The second-order valence-electron chi connectivity index (χ2n) is 8.68. The Morgan fingerprint density at radius 2 is 2.05 bits per heavy atom. The van der Waals surface area contributed by atoms with Gasteiger partial charge in [-0.15, -0.1) is 10.2 Å². The Morgan fingerprint density at radius 3 is 2.84 bits per heavy atom. The SMILES string of the molecule is Cc1ccc(Cn2cccc(C(=O)N[C@H](CC(N)=O)c3nnc(-c4c[nH]c5ncccc45)o3)c2=O)cc1F. The first-order chi connectivity index (χ1) is 18.3. The lowest BCUT2D eigenvalue weighted by atomic mass is 10.1. The molecule has 1 aromatic carbocycles. The molecular weight excluding hydrogens is 493 g/mol. The van der Waals surface area contributed by atoms with Crippen molar-refractivity contribution < 1.29 is 18.4 Å². The van der Waals surface area contributed by atoms with Gasteiger partial charge in [0.05, 0.1) is 18.5 Å². The molecule has 0 aliphatic heterocycles. The summed E-state index contributed by atoms with van der Waals surface area (Å²) < 4.78 is 21.0. The molecule has 0 unspecified atom stereocenters. The van der Waals surface area contributed by atoms with E-state index in [1.165, 1.54) is 29.0 Å². The molecular formula is C26H22FN7O4. The molecule has 0 aliphatic carbocycles. The van der Waals surface area contributed by atoms with E-state index < -0.39 is 23.4 Å². The van der Waals surface area contributed by atoms with Crippen molar-refractivity contribution in [2.24, 2.45) is 5.73 Å². The number of benzene rings is 1. The molecule has 0 fully saturated rings. The van der Waals surface area contributed by atoms with Gasteiger partial charge in [-0.25, -0.2) is 9.37 Å². The molecule has 0 saturated heterocycles. The fourth-order valence-electron chi connectivity index (χ4n) is 4.02. The minimum absolute atomic E-state index is 0.0585. The lowest BCUT2D eigenvalue weighted by Crippen LogP contribution is -2.36. The third-order valence-corrected chi connectivity index (χ3v) is 5.98. The molecule has 38 heavy (non-hydrogen) atoms. The van der Waals surface area contributed by atoms with Crippen LogP contribution in [0.5, 0.6) is 0 Å². The number of rotatable bonds is 8. The number of halogens is 1. The molecule has 0 spiro atoms. The highest BCUT2D eigenvalue weighted by Crippen LogP contribution is 2.28. The van der Waals surface area contributed by atoms with E-state index in [0.717, 1.165) is 5.39 Å². The van der Waals surface area contributed by atoms with Crippen molar-refractivity contribution in [2.75, 3.05) is 0 Å². The Morgan fingerprint density at radius 1 is 1.21 bits per heavy atom. The van der Waals surface area contributed by atoms with Gasteiger partial charge in [0.1, 0.15) is 23.1 Å². The molecule has 4 heterocycles. The number of nitrogens with zero attached hydrogens (tertiary/aromatic N) is 4. The van der Waals surface area contributed by atoms with Crippen LogP contribution in [0, 0.1) is 12.7 Å². The largest absolute Gasteiger partial charge is 0.418 e. The van der Waals surface area contributed by atoms with Crippen LogP contribution in [0.3, 0.4) is 0 Å². The van der Waals surface area contributed by atoms with Gasteiger partial charge in [0.25, 0.3) is 11.5 Å². The average Bonchev–Trinajstić information content (AvgIpc) is 3.54. The summed E-state index contributed by atoms with van der Waals surface area (Å²) in [4.78, 5) is 45.1. The van der Waals surface area contributed by atoms with Gasteiger partial charge in [-0.1, -0.05) is 12.1 Å². The maximum absolute atomic E-state index is 14.0. The lowest BCUT2D eigenvalue weighted by Gasteiger charge is -2.14. The number of aryl methyl sites for hydroxylation is 1. The van der Waals surface area contributed by atoms with E-state index in [0.29, 0.717) is 22.3 Å². The zero-order valence-electron chi connectivity index (χ0n) is 20.1. The number of nitrogens with two attached hydrogens (primary N) is 1. The van der Waals surface area contributed by atoms with Crippen molar-refractivity contribution in [3.63, 3.8) is 0 Å². The van der Waals surface area contributed by atoms with Crippen LogP contribution in [0.1, 0.15) is 39.8 Å². The predicted molar refractivity (Wildman–Crippen MR) is 134 cm³/mol. The number of nitrogens with one attached hydrogen (secondary N) is 2. The van der Waals surface area contributed by atoms with Gasteiger partial charge in [0, 0.05) is 24.0 Å². The topological polar surface area (TPSA) is 162 Å². The number of pyridine rings is 2. The predicted octanol–water partition coefficient (Wildman–Crippen LogP) is 2.62. The fraction of sp³-hybridized carbons (Fsp3) is 0.154. The van der Waals surface area contributed by atoms with Crippen molar-refractivity contribution in [3.8, 4) is 11.5 Å². The van der Waals surface area contributed by atoms with Gasteiger partial charge in [-0.2, -0.15) is 0 Å². The maximum Gasteiger partial charge on any atom is 0.263 e. The van der Waals surface area contributed by atoms with Crippen molar-refractivity contribution >= 4 is 22.8 Å². The number of carbonyl (C=O) groups is 2. The molecule has 0 aliphatic rings. The summed E-state index contributed by atoms with van der Waals surface area (Å²) in [6.45, 7) is 1.71. The monoisotopic (exact) mass is 515 g/mol. The Kier molecular flexibility index (Phi) is 6.52. The summed E-state index contributed by atoms with van der Waals surface area (Å²) in [5, 5.41) is 11.4. The standard InChI is InChI=1S/C26H22FN7O4/c1-14-6-7-15(10-19(14)27)13-34-9-3-5-17(26(34)37)23(36)31-20(11-21(28)35)25-33-32-24(38-25)18-12-30-22-16(18)4-2-8-29-22/h2-10,12,20H,11,13H2,1H3,(H2,28,35)(H,29,30)(H,31,36)/t20-/m1/s1. The van der Waals surface area contributed by atoms with E-state index in [1.54, 1.807) is 37.5 Å². The fourth-order valence-corrected chi connectivity index (χ4v) is 4.02. The van der Waals surface area contributed by atoms with Crippen LogP contribution in [-0.4, -0.2) is 36.5 Å². The Bertz CT molecular complexity index is 1720. The van der Waals surface area contributed by atoms with E-state index in [4.69, 9.17) is 10.2 Å². The van der Waals surface area contributed by atoms with Crippen LogP contribution < -0.4 is 16.6 Å². The number of hydrogen-bond donors (Lipinski definition) is 3. The lowest BCUT2D eigenvalue weighted by molar-refractivity contribution is -0.118. The zero-order chi connectivity index (χ0) is 26.8. The van der Waals surface area contributed by atoms with E-state index in [-0.39, 0.29) is 36.1 Å². The van der Waals surface area contributed by atoms with Crippen molar-refractivity contribution in [1.82, 2.24) is 30.0 Å². The summed E-state index contributed by atoms with van der Waals surface area (Å²) in [6.07, 6.45) is 4.45. The average molecular weight is 516 g/mol. The van der Waals surface area contributed by atoms with Gasteiger partial charge < -0.3 is 25.0 Å². The molecule has 1 atom stereocenters. The molecule has 4 N–H and O–H groups in total. The Balaban J connectivity index is 1.40. The quantitative estimate of drug-likeness (QED) is 0.286. The van der Waals surface area contributed by atoms with Crippen LogP contribution in [0.2, 0.25) is 0 Å². The van der Waals surface area contributed by atoms with Crippen LogP contribution in [0.15, 0.2) is 70.3 Å². The first kappa shape index (κ1) is 24.6. The first-order valence-corrected chi connectivity index (χ1v) is 11.6. The normalized spacial score (nSPS) is 11.9. The number of primary amides is 1. The van der Waals surface area contributed by atoms with Gasteiger partial charge in [0.15, 0.2) is 0 Å². The number of fused-ring (bicyclic) bond motifs is 1. The third-order valence-electron chi connectivity index (χ3n) is 5.98. The van der Waals surface area contributed by atoms with E-state index in [2.05, 4.69) is 25.5 Å². The zero-order valence-corrected chi connectivity index (χ0v) is 20.1. The highest BCUT2D eigenvalue weighted by molar-refractivity contribution is 5.94. The minimum atomic E-state index is -1.08. The molecule has 0 radical (unpaired) electrons. The van der Waals surface area contributed by atoms with Gasteiger partial charge >= 0.3 is 0 Å². The van der Waals surface area contributed by atoms with Crippen LogP contribution in [-0.2, 0) is 11.3 Å². The number of H-pyrrole nitrogens is 1. The summed E-state index contributed by atoms with van der Waals surface area (Å²) in [5.41, 5.74) is 6.88. The molecule has 5 aromatic rings. The summed E-state index contributed by atoms with van der Waals surface area (Å²) in [7, 11) is 0.